The van der Waals surface area contributed by atoms with Gasteiger partial charge in [-0.1, -0.05) is 19.9 Å². The molecule has 4 heteroatoms. The monoisotopic (exact) mass is 246 g/mol. The highest BCUT2D eigenvalue weighted by atomic mass is 15.1. The molecule has 1 aliphatic rings. The van der Waals surface area contributed by atoms with Crippen LogP contribution in [0.5, 0.6) is 0 Å². The number of nitrogens with zero attached hydrogens (tertiary/aromatic N) is 2. The maximum Gasteiger partial charge on any atom is 0.142 e. The van der Waals surface area contributed by atoms with Crippen molar-refractivity contribution in [2.75, 3.05) is 13.1 Å². The molecule has 3 N–H and O–H groups in total. The fourth-order valence-electron chi connectivity index (χ4n) is 2.97. The highest BCUT2D eigenvalue weighted by Crippen LogP contribution is 2.22. The lowest BCUT2D eigenvalue weighted by molar-refractivity contribution is 0.134. The first kappa shape index (κ1) is 13.0. The molecule has 1 aliphatic heterocycles. The summed E-state index contributed by atoms with van der Waals surface area (Å²) in [5.74, 6) is 1.54. The minimum absolute atomic E-state index is 0.0590. The van der Waals surface area contributed by atoms with Gasteiger partial charge in [0.05, 0.1) is 0 Å². The molecule has 2 unspecified atom stereocenters. The third-order valence-electron chi connectivity index (χ3n) is 3.48. The predicted octanol–water partition coefficient (Wildman–Crippen LogP) is 1.84. The van der Waals surface area contributed by atoms with E-state index in [0.717, 1.165) is 37.0 Å². The van der Waals surface area contributed by atoms with Crippen LogP contribution in [0.1, 0.15) is 31.5 Å². The standard InChI is InChI=1S/C14H22N4/c1-10-6-11(2)8-18(7-10)9-12-4-3-5-17-13(12)14(15)16/h3-5,10-11H,6-9H2,1-2H3,(H3,15,16). The molecule has 0 amide bonds. The number of nitrogen functional groups attached to an aromatic ring is 1. The van der Waals surface area contributed by atoms with E-state index in [1.807, 2.05) is 12.1 Å². The Balaban J connectivity index is 2.11. The summed E-state index contributed by atoms with van der Waals surface area (Å²) in [6.45, 7) is 7.69. The van der Waals surface area contributed by atoms with Gasteiger partial charge in [0.15, 0.2) is 0 Å². The summed E-state index contributed by atoms with van der Waals surface area (Å²) < 4.78 is 0. The molecule has 98 valence electrons. The third kappa shape index (κ3) is 3.07. The first-order chi connectivity index (χ1) is 8.56. The van der Waals surface area contributed by atoms with Crippen molar-refractivity contribution >= 4 is 5.84 Å². The largest absolute Gasteiger partial charge is 0.382 e. The Kier molecular flexibility index (Phi) is 3.97. The van der Waals surface area contributed by atoms with Gasteiger partial charge < -0.3 is 5.73 Å². The molecular weight excluding hydrogens is 224 g/mol. The zero-order valence-corrected chi connectivity index (χ0v) is 11.2. The van der Waals surface area contributed by atoms with Crippen LogP contribution in [-0.2, 0) is 6.54 Å². The van der Waals surface area contributed by atoms with Crippen molar-refractivity contribution in [2.45, 2.75) is 26.8 Å². The number of amidine groups is 1. The van der Waals surface area contributed by atoms with Crippen LogP contribution in [0, 0.1) is 17.2 Å². The Hall–Kier alpha value is -1.42. The zero-order valence-electron chi connectivity index (χ0n) is 11.2. The van der Waals surface area contributed by atoms with Crippen molar-refractivity contribution in [1.29, 1.82) is 5.41 Å². The molecule has 0 radical (unpaired) electrons. The number of aromatic nitrogens is 1. The number of nitrogens with two attached hydrogens (primary N) is 1. The molecule has 1 fully saturated rings. The Morgan fingerprint density at radius 1 is 1.44 bits per heavy atom. The van der Waals surface area contributed by atoms with Crippen LogP contribution in [0.25, 0.3) is 0 Å². The number of piperidine rings is 1. The molecule has 1 saturated heterocycles. The number of hydrogen-bond acceptors (Lipinski definition) is 3. The van der Waals surface area contributed by atoms with E-state index in [1.54, 1.807) is 6.20 Å². The minimum atomic E-state index is 0.0590. The van der Waals surface area contributed by atoms with Crippen molar-refractivity contribution in [1.82, 2.24) is 9.88 Å². The van der Waals surface area contributed by atoms with Crippen LogP contribution in [0.2, 0.25) is 0 Å². The second-order valence-corrected chi connectivity index (χ2v) is 5.56. The number of hydrogen-bond donors (Lipinski definition) is 2. The summed E-state index contributed by atoms with van der Waals surface area (Å²) in [7, 11) is 0. The normalized spacial score (nSPS) is 25.0. The van der Waals surface area contributed by atoms with Crippen molar-refractivity contribution in [2.24, 2.45) is 17.6 Å². The van der Waals surface area contributed by atoms with Crippen molar-refractivity contribution in [3.63, 3.8) is 0 Å². The van der Waals surface area contributed by atoms with Gasteiger partial charge in [0.2, 0.25) is 0 Å². The van der Waals surface area contributed by atoms with Gasteiger partial charge in [-0.05, 0) is 29.9 Å². The molecule has 0 saturated carbocycles. The average molecular weight is 246 g/mol. The quantitative estimate of drug-likeness (QED) is 0.632. The lowest BCUT2D eigenvalue weighted by atomic mass is 9.91. The van der Waals surface area contributed by atoms with Gasteiger partial charge in [-0.15, -0.1) is 0 Å². The lowest BCUT2D eigenvalue weighted by Crippen LogP contribution is -2.38. The van der Waals surface area contributed by atoms with Gasteiger partial charge in [-0.2, -0.15) is 0 Å². The van der Waals surface area contributed by atoms with Gasteiger partial charge in [0, 0.05) is 25.8 Å². The van der Waals surface area contributed by atoms with E-state index in [9.17, 15) is 0 Å². The molecule has 2 rings (SSSR count). The molecular formula is C14H22N4. The summed E-state index contributed by atoms with van der Waals surface area (Å²) >= 11 is 0. The van der Waals surface area contributed by atoms with E-state index < -0.39 is 0 Å². The number of likely N-dealkylation sites (tertiary alicyclic amines) is 1. The second kappa shape index (κ2) is 5.48. The molecule has 2 heterocycles. The smallest absolute Gasteiger partial charge is 0.142 e. The summed E-state index contributed by atoms with van der Waals surface area (Å²) in [6, 6.07) is 3.94. The summed E-state index contributed by atoms with van der Waals surface area (Å²) in [4.78, 5) is 6.65. The van der Waals surface area contributed by atoms with Crippen LogP contribution < -0.4 is 5.73 Å². The molecule has 1 aromatic heterocycles. The van der Waals surface area contributed by atoms with Crippen LogP contribution in [0.15, 0.2) is 18.3 Å². The summed E-state index contributed by atoms with van der Waals surface area (Å²) in [6.07, 6.45) is 3.00. The Bertz CT molecular complexity index is 420. The Morgan fingerprint density at radius 3 is 2.72 bits per heavy atom. The average Bonchev–Trinajstić information content (AvgIpc) is 2.27. The van der Waals surface area contributed by atoms with Crippen molar-refractivity contribution < 1.29 is 0 Å². The molecule has 4 nitrogen and oxygen atoms in total. The van der Waals surface area contributed by atoms with E-state index in [-0.39, 0.29) is 5.84 Å². The minimum Gasteiger partial charge on any atom is -0.382 e. The maximum absolute atomic E-state index is 7.57. The van der Waals surface area contributed by atoms with Gasteiger partial charge in [-0.25, -0.2) is 0 Å². The van der Waals surface area contributed by atoms with Crippen LogP contribution in [0.4, 0.5) is 0 Å². The summed E-state index contributed by atoms with van der Waals surface area (Å²) in [5.41, 5.74) is 7.27. The predicted molar refractivity (Wildman–Crippen MR) is 73.5 cm³/mol. The Labute approximate surface area is 109 Å². The molecule has 0 spiro atoms. The fourth-order valence-corrected chi connectivity index (χ4v) is 2.97. The van der Waals surface area contributed by atoms with Gasteiger partial charge in [0.25, 0.3) is 0 Å². The third-order valence-corrected chi connectivity index (χ3v) is 3.48. The first-order valence-corrected chi connectivity index (χ1v) is 6.57. The van der Waals surface area contributed by atoms with E-state index in [4.69, 9.17) is 11.1 Å². The van der Waals surface area contributed by atoms with Gasteiger partial charge >= 0.3 is 0 Å². The van der Waals surface area contributed by atoms with E-state index in [2.05, 4.69) is 23.7 Å². The zero-order chi connectivity index (χ0) is 13.1. The number of pyridine rings is 1. The van der Waals surface area contributed by atoms with Crippen LogP contribution in [0.3, 0.4) is 0 Å². The van der Waals surface area contributed by atoms with E-state index in [0.29, 0.717) is 5.69 Å². The highest BCUT2D eigenvalue weighted by Gasteiger charge is 2.22. The maximum atomic E-state index is 7.57. The van der Waals surface area contributed by atoms with Gasteiger partial charge in [-0.3, -0.25) is 15.3 Å². The summed E-state index contributed by atoms with van der Waals surface area (Å²) in [5, 5.41) is 7.57. The van der Waals surface area contributed by atoms with Crippen LogP contribution >= 0.6 is 0 Å². The number of rotatable bonds is 3. The van der Waals surface area contributed by atoms with Gasteiger partial charge in [0.1, 0.15) is 11.5 Å². The SMILES string of the molecule is CC1CC(C)CN(Cc2cccnc2C(=N)N)C1. The van der Waals surface area contributed by atoms with Crippen LogP contribution in [-0.4, -0.2) is 28.8 Å². The Morgan fingerprint density at radius 2 is 2.11 bits per heavy atom. The van der Waals surface area contributed by atoms with E-state index >= 15 is 0 Å². The number of nitrogens with one attached hydrogen (secondary N) is 1. The first-order valence-electron chi connectivity index (χ1n) is 6.57. The molecule has 1 aromatic rings. The molecule has 18 heavy (non-hydrogen) atoms. The molecule has 0 aliphatic carbocycles. The molecule has 2 atom stereocenters. The topological polar surface area (TPSA) is 66.0 Å². The highest BCUT2D eigenvalue weighted by molar-refractivity contribution is 5.94. The lowest BCUT2D eigenvalue weighted by Gasteiger charge is -2.35. The van der Waals surface area contributed by atoms with E-state index in [1.165, 1.54) is 6.42 Å². The van der Waals surface area contributed by atoms with Crippen molar-refractivity contribution in [3.8, 4) is 0 Å². The molecule has 0 bridgehead atoms. The fraction of sp³-hybridized carbons (Fsp3) is 0.571. The second-order valence-electron chi connectivity index (χ2n) is 5.56. The van der Waals surface area contributed by atoms with Crippen molar-refractivity contribution in [3.05, 3.63) is 29.6 Å². The molecule has 0 aromatic carbocycles.